The molecule has 1 aliphatic heterocycles. The van der Waals surface area contributed by atoms with E-state index in [1.54, 1.807) is 0 Å². The van der Waals surface area contributed by atoms with E-state index in [0.29, 0.717) is 5.56 Å². The molecule has 4 nitrogen and oxygen atoms in total. The minimum atomic E-state index is -0.433. The lowest BCUT2D eigenvalue weighted by atomic mass is 9.50. The minimum Gasteiger partial charge on any atom is -0.399 e. The van der Waals surface area contributed by atoms with Gasteiger partial charge in [-0.15, -0.1) is 0 Å². The van der Waals surface area contributed by atoms with Gasteiger partial charge in [-0.05, 0) is 77.4 Å². The normalized spacial score (nSPS) is 32.0. The van der Waals surface area contributed by atoms with Crippen molar-refractivity contribution in [1.82, 2.24) is 5.32 Å². The molecular formula is C19H26BNO3. The second-order valence-corrected chi connectivity index (χ2v) is 8.87. The molecule has 4 fully saturated rings. The zero-order valence-corrected chi connectivity index (χ0v) is 15.2. The predicted molar refractivity (Wildman–Crippen MR) is 94.4 cm³/mol. The van der Waals surface area contributed by atoms with Gasteiger partial charge in [0.25, 0.3) is 5.91 Å². The van der Waals surface area contributed by atoms with Crippen LogP contribution in [0.5, 0.6) is 0 Å². The van der Waals surface area contributed by atoms with E-state index in [0.717, 1.165) is 36.2 Å². The third-order valence-corrected chi connectivity index (χ3v) is 6.47. The van der Waals surface area contributed by atoms with Crippen molar-refractivity contribution in [2.75, 3.05) is 0 Å². The van der Waals surface area contributed by atoms with Crippen molar-refractivity contribution in [3.63, 3.8) is 0 Å². The van der Waals surface area contributed by atoms with Gasteiger partial charge in [-0.1, -0.05) is 11.6 Å². The molecule has 1 aromatic carbocycles. The van der Waals surface area contributed by atoms with Crippen LogP contribution < -0.4 is 10.8 Å². The molecule has 1 heterocycles. The molecule has 5 heteroatoms. The summed E-state index contributed by atoms with van der Waals surface area (Å²) in [5.74, 6) is 0.870. The number of benzene rings is 1. The summed E-state index contributed by atoms with van der Waals surface area (Å²) in [6.07, 6.45) is 3.44. The number of aryl methyl sites for hydroxylation is 1. The van der Waals surface area contributed by atoms with Crippen LogP contribution in [0.15, 0.2) is 18.2 Å². The molecule has 1 aromatic rings. The highest BCUT2D eigenvalue weighted by Gasteiger charge is 2.57. The number of carbonyl (C=O) groups excluding carboxylic acids is 1. The summed E-state index contributed by atoms with van der Waals surface area (Å²) < 4.78 is 12.3. The average molecular weight is 327 g/mol. The van der Waals surface area contributed by atoms with Crippen LogP contribution in [0.3, 0.4) is 0 Å². The molecule has 0 aromatic heterocycles. The monoisotopic (exact) mass is 327 g/mol. The maximum absolute atomic E-state index is 12.6. The molecule has 0 spiro atoms. The van der Waals surface area contributed by atoms with Crippen LogP contribution in [-0.4, -0.2) is 29.8 Å². The van der Waals surface area contributed by atoms with E-state index in [-0.39, 0.29) is 22.6 Å². The van der Waals surface area contributed by atoms with Gasteiger partial charge in [0.1, 0.15) is 0 Å². The van der Waals surface area contributed by atoms with Gasteiger partial charge < -0.3 is 14.6 Å². The Balaban J connectivity index is 1.57. The fourth-order valence-electron chi connectivity index (χ4n) is 3.95. The minimum absolute atomic E-state index is 0.0194. The molecule has 2 bridgehead atoms. The van der Waals surface area contributed by atoms with Gasteiger partial charge in [-0.25, -0.2) is 0 Å². The first-order chi connectivity index (χ1) is 11.1. The van der Waals surface area contributed by atoms with E-state index in [1.165, 1.54) is 0 Å². The van der Waals surface area contributed by atoms with Crippen molar-refractivity contribution in [3.05, 3.63) is 29.3 Å². The first-order valence-electron chi connectivity index (χ1n) is 8.90. The molecule has 5 rings (SSSR count). The van der Waals surface area contributed by atoms with Crippen LogP contribution in [-0.2, 0) is 9.31 Å². The highest BCUT2D eigenvalue weighted by atomic mass is 16.7. The smallest absolute Gasteiger partial charge is 0.399 e. The van der Waals surface area contributed by atoms with Crippen LogP contribution in [0.25, 0.3) is 0 Å². The van der Waals surface area contributed by atoms with Crippen molar-refractivity contribution >= 4 is 18.5 Å². The maximum Gasteiger partial charge on any atom is 0.495 e. The van der Waals surface area contributed by atoms with E-state index in [9.17, 15) is 4.79 Å². The van der Waals surface area contributed by atoms with Crippen LogP contribution in [0.4, 0.5) is 0 Å². The molecule has 4 aliphatic rings. The standard InChI is InChI=1S/C19H26BNO3/c1-12-6-7-14(16(22)21-19-9-13(10-19)11-19)8-15(12)20-23-17(2,3)18(4,5)24-20/h6-8,13H,9-11H2,1-5H3,(H,21,22). The van der Waals surface area contributed by atoms with Gasteiger partial charge in [0, 0.05) is 11.1 Å². The number of carbonyl (C=O) groups is 1. The third kappa shape index (κ3) is 2.32. The zero-order chi connectivity index (χ0) is 17.3. The molecule has 24 heavy (non-hydrogen) atoms. The summed E-state index contributed by atoms with van der Waals surface area (Å²) in [4.78, 5) is 12.6. The predicted octanol–water partition coefficient (Wildman–Crippen LogP) is 2.58. The number of amides is 1. The van der Waals surface area contributed by atoms with Crippen LogP contribution in [0.1, 0.15) is 62.9 Å². The van der Waals surface area contributed by atoms with Gasteiger partial charge >= 0.3 is 7.12 Å². The van der Waals surface area contributed by atoms with E-state index in [1.807, 2.05) is 52.8 Å². The average Bonchev–Trinajstić information content (AvgIpc) is 2.61. The lowest BCUT2D eigenvalue weighted by molar-refractivity contribution is -0.0438. The molecule has 1 N–H and O–H groups in total. The van der Waals surface area contributed by atoms with Gasteiger partial charge in [-0.3, -0.25) is 4.79 Å². The Kier molecular flexibility index (Phi) is 3.27. The summed E-state index contributed by atoms with van der Waals surface area (Å²) in [5, 5.41) is 3.22. The summed E-state index contributed by atoms with van der Waals surface area (Å²) in [5.41, 5.74) is 2.05. The van der Waals surface area contributed by atoms with Crippen LogP contribution in [0.2, 0.25) is 0 Å². The summed E-state index contributed by atoms with van der Waals surface area (Å²) in [6, 6.07) is 5.81. The van der Waals surface area contributed by atoms with E-state index in [2.05, 4.69) is 5.32 Å². The Morgan fingerprint density at radius 3 is 2.21 bits per heavy atom. The second-order valence-electron chi connectivity index (χ2n) is 8.87. The molecule has 3 saturated carbocycles. The van der Waals surface area contributed by atoms with Crippen molar-refractivity contribution in [2.24, 2.45) is 5.92 Å². The summed E-state index contributed by atoms with van der Waals surface area (Å²) in [7, 11) is -0.433. The lowest BCUT2D eigenvalue weighted by Gasteiger charge is -2.61. The fourth-order valence-corrected chi connectivity index (χ4v) is 3.95. The maximum atomic E-state index is 12.6. The van der Waals surface area contributed by atoms with Crippen molar-refractivity contribution < 1.29 is 14.1 Å². The molecule has 1 amide bonds. The molecule has 128 valence electrons. The topological polar surface area (TPSA) is 47.6 Å². The molecule has 3 aliphatic carbocycles. The van der Waals surface area contributed by atoms with Gasteiger partial charge in [-0.2, -0.15) is 0 Å². The van der Waals surface area contributed by atoms with E-state index < -0.39 is 7.12 Å². The number of hydrogen-bond acceptors (Lipinski definition) is 3. The Labute approximate surface area is 144 Å². The molecule has 0 radical (unpaired) electrons. The van der Waals surface area contributed by atoms with Crippen molar-refractivity contribution in [2.45, 2.75) is 70.6 Å². The Bertz CT molecular complexity index is 680. The van der Waals surface area contributed by atoms with E-state index in [4.69, 9.17) is 9.31 Å². The molecule has 0 unspecified atom stereocenters. The highest BCUT2D eigenvalue weighted by molar-refractivity contribution is 6.62. The zero-order valence-electron chi connectivity index (χ0n) is 15.2. The summed E-state index contributed by atoms with van der Waals surface area (Å²) >= 11 is 0. The molecular weight excluding hydrogens is 301 g/mol. The Hall–Kier alpha value is -1.33. The third-order valence-electron chi connectivity index (χ3n) is 6.47. The second kappa shape index (κ2) is 4.86. The largest absolute Gasteiger partial charge is 0.495 e. The fraction of sp³-hybridized carbons (Fsp3) is 0.632. The number of hydrogen-bond donors (Lipinski definition) is 1. The van der Waals surface area contributed by atoms with Gasteiger partial charge in [0.15, 0.2) is 0 Å². The number of nitrogens with one attached hydrogen (secondary N) is 1. The van der Waals surface area contributed by atoms with Crippen molar-refractivity contribution in [1.29, 1.82) is 0 Å². The SMILES string of the molecule is Cc1ccc(C(=O)NC23CC(C2)C3)cc1B1OC(C)(C)C(C)(C)O1. The van der Waals surface area contributed by atoms with E-state index >= 15 is 0 Å². The van der Waals surface area contributed by atoms with Gasteiger partial charge in [0.05, 0.1) is 11.2 Å². The van der Waals surface area contributed by atoms with Crippen molar-refractivity contribution in [3.8, 4) is 0 Å². The van der Waals surface area contributed by atoms with Gasteiger partial charge in [0.2, 0.25) is 0 Å². The Morgan fingerprint density at radius 1 is 1.12 bits per heavy atom. The molecule has 0 atom stereocenters. The lowest BCUT2D eigenvalue weighted by Crippen LogP contribution is -2.68. The Morgan fingerprint density at radius 2 is 1.71 bits per heavy atom. The first kappa shape index (κ1) is 16.2. The molecule has 1 saturated heterocycles. The quantitative estimate of drug-likeness (QED) is 0.868. The van der Waals surface area contributed by atoms with Crippen LogP contribution in [0, 0.1) is 12.8 Å². The summed E-state index contributed by atoms with van der Waals surface area (Å²) in [6.45, 7) is 10.2. The highest BCUT2D eigenvalue weighted by Crippen LogP contribution is 2.56. The first-order valence-corrected chi connectivity index (χ1v) is 8.90. The number of rotatable bonds is 3. The van der Waals surface area contributed by atoms with Crippen LogP contribution >= 0.6 is 0 Å².